The van der Waals surface area contributed by atoms with E-state index in [0.717, 1.165) is 0 Å². The summed E-state index contributed by atoms with van der Waals surface area (Å²) >= 11 is 0. The molecular formula is C18H14N2O5. The van der Waals surface area contributed by atoms with Crippen molar-refractivity contribution in [1.82, 2.24) is 9.88 Å². The molecule has 25 heavy (non-hydrogen) atoms. The minimum Gasteiger partial charge on any atom is -0.506 e. The van der Waals surface area contributed by atoms with E-state index in [9.17, 15) is 19.5 Å². The fourth-order valence-corrected chi connectivity index (χ4v) is 2.61. The fraction of sp³-hybridized carbons (Fsp3) is 0.0556. The largest absolute Gasteiger partial charge is 0.506 e. The second-order valence-corrected chi connectivity index (χ2v) is 5.29. The Kier molecular flexibility index (Phi) is 4.21. The van der Waals surface area contributed by atoms with E-state index in [1.807, 2.05) is 0 Å². The SMILES string of the molecule is O=C(O)CNC(=O)c1c(O)c2ccccc2n(-c2ccccc2)c1=O. The predicted molar refractivity (Wildman–Crippen MR) is 91.2 cm³/mol. The summed E-state index contributed by atoms with van der Waals surface area (Å²) in [4.78, 5) is 35.8. The van der Waals surface area contributed by atoms with Crippen molar-refractivity contribution in [2.24, 2.45) is 0 Å². The lowest BCUT2D eigenvalue weighted by molar-refractivity contribution is -0.135. The van der Waals surface area contributed by atoms with Gasteiger partial charge in [0, 0.05) is 11.1 Å². The number of carbonyl (C=O) groups excluding carboxylic acids is 1. The summed E-state index contributed by atoms with van der Waals surface area (Å²) in [5.74, 6) is -2.67. The van der Waals surface area contributed by atoms with Crippen molar-refractivity contribution in [3.8, 4) is 11.4 Å². The molecule has 3 N–H and O–H groups in total. The van der Waals surface area contributed by atoms with Gasteiger partial charge in [-0.1, -0.05) is 30.3 Å². The van der Waals surface area contributed by atoms with Crippen LogP contribution >= 0.6 is 0 Å². The van der Waals surface area contributed by atoms with Crippen molar-refractivity contribution in [1.29, 1.82) is 0 Å². The zero-order valence-corrected chi connectivity index (χ0v) is 13.0. The number of fused-ring (bicyclic) bond motifs is 1. The molecule has 1 aromatic heterocycles. The molecule has 0 unspecified atom stereocenters. The Morgan fingerprint density at radius 1 is 1.00 bits per heavy atom. The van der Waals surface area contributed by atoms with Gasteiger partial charge in [0.05, 0.1) is 5.52 Å². The smallest absolute Gasteiger partial charge is 0.322 e. The van der Waals surface area contributed by atoms with Crippen molar-refractivity contribution in [3.05, 3.63) is 70.5 Å². The van der Waals surface area contributed by atoms with E-state index in [0.29, 0.717) is 16.6 Å². The van der Waals surface area contributed by atoms with Crippen molar-refractivity contribution in [3.63, 3.8) is 0 Å². The molecule has 0 saturated heterocycles. The molecule has 0 radical (unpaired) electrons. The van der Waals surface area contributed by atoms with Crippen LogP contribution < -0.4 is 10.9 Å². The van der Waals surface area contributed by atoms with Crippen LogP contribution in [-0.4, -0.2) is 33.2 Å². The third kappa shape index (κ3) is 2.94. The number of amides is 1. The summed E-state index contributed by atoms with van der Waals surface area (Å²) in [5.41, 5.74) is -0.268. The number of nitrogens with zero attached hydrogens (tertiary/aromatic N) is 1. The van der Waals surface area contributed by atoms with Crippen LogP contribution in [0.15, 0.2) is 59.4 Å². The van der Waals surface area contributed by atoms with E-state index in [1.165, 1.54) is 4.57 Å². The molecule has 0 bridgehead atoms. The number of hydrogen-bond acceptors (Lipinski definition) is 4. The molecule has 0 aliphatic rings. The topological polar surface area (TPSA) is 109 Å². The van der Waals surface area contributed by atoms with E-state index in [-0.39, 0.29) is 0 Å². The van der Waals surface area contributed by atoms with Gasteiger partial charge in [0.25, 0.3) is 11.5 Å². The minimum absolute atomic E-state index is 0.312. The number of carboxylic acid groups (broad SMARTS) is 1. The highest BCUT2D eigenvalue weighted by molar-refractivity contribution is 6.03. The third-order valence-corrected chi connectivity index (χ3v) is 3.70. The number of para-hydroxylation sites is 2. The summed E-state index contributed by atoms with van der Waals surface area (Å²) in [6.45, 7) is -0.657. The first kappa shape index (κ1) is 16.3. The van der Waals surface area contributed by atoms with E-state index < -0.39 is 35.3 Å². The molecule has 7 heteroatoms. The van der Waals surface area contributed by atoms with Gasteiger partial charge in [-0.05, 0) is 24.3 Å². The number of carbonyl (C=O) groups is 2. The monoisotopic (exact) mass is 338 g/mol. The van der Waals surface area contributed by atoms with Gasteiger partial charge in [-0.15, -0.1) is 0 Å². The number of carboxylic acids is 1. The third-order valence-electron chi connectivity index (χ3n) is 3.70. The van der Waals surface area contributed by atoms with Crippen LogP contribution in [0.2, 0.25) is 0 Å². The Hall–Kier alpha value is -3.61. The van der Waals surface area contributed by atoms with E-state index >= 15 is 0 Å². The molecule has 0 fully saturated rings. The van der Waals surface area contributed by atoms with E-state index in [4.69, 9.17) is 5.11 Å². The van der Waals surface area contributed by atoms with Gasteiger partial charge in [0.2, 0.25) is 0 Å². The van der Waals surface area contributed by atoms with Gasteiger partial charge in [-0.2, -0.15) is 0 Å². The lowest BCUT2D eigenvalue weighted by Crippen LogP contribution is -2.35. The molecule has 0 aliphatic heterocycles. The van der Waals surface area contributed by atoms with Crippen LogP contribution in [0.3, 0.4) is 0 Å². The second-order valence-electron chi connectivity index (χ2n) is 5.29. The van der Waals surface area contributed by atoms with E-state index in [1.54, 1.807) is 54.6 Å². The highest BCUT2D eigenvalue weighted by Crippen LogP contribution is 2.27. The highest BCUT2D eigenvalue weighted by atomic mass is 16.4. The zero-order valence-electron chi connectivity index (χ0n) is 13.0. The summed E-state index contributed by atoms with van der Waals surface area (Å²) in [5, 5.41) is 21.5. The first-order valence-corrected chi connectivity index (χ1v) is 7.43. The van der Waals surface area contributed by atoms with Gasteiger partial charge in [0.15, 0.2) is 0 Å². The molecule has 2 aromatic carbocycles. The van der Waals surface area contributed by atoms with Crippen LogP contribution in [0.5, 0.6) is 5.75 Å². The van der Waals surface area contributed by atoms with Gasteiger partial charge in [-0.3, -0.25) is 19.0 Å². The first-order valence-electron chi connectivity index (χ1n) is 7.43. The second kappa shape index (κ2) is 6.48. The zero-order chi connectivity index (χ0) is 18.0. The molecule has 3 rings (SSSR count). The lowest BCUT2D eigenvalue weighted by atomic mass is 10.1. The number of rotatable bonds is 4. The molecule has 0 saturated carbocycles. The summed E-state index contributed by atoms with van der Waals surface area (Å²) < 4.78 is 1.31. The highest BCUT2D eigenvalue weighted by Gasteiger charge is 2.23. The van der Waals surface area contributed by atoms with Crippen LogP contribution in [-0.2, 0) is 4.79 Å². The molecule has 126 valence electrons. The Balaban J connectivity index is 2.30. The quantitative estimate of drug-likeness (QED) is 0.668. The summed E-state index contributed by atoms with van der Waals surface area (Å²) in [6, 6.07) is 15.3. The number of benzene rings is 2. The van der Waals surface area contributed by atoms with Gasteiger partial charge < -0.3 is 15.5 Å². The number of pyridine rings is 1. The number of hydrogen-bond donors (Lipinski definition) is 3. The molecule has 0 spiro atoms. The van der Waals surface area contributed by atoms with Gasteiger partial charge >= 0.3 is 5.97 Å². The predicted octanol–water partition coefficient (Wildman–Crippen LogP) is 1.51. The maximum Gasteiger partial charge on any atom is 0.322 e. The first-order chi connectivity index (χ1) is 12.0. The van der Waals surface area contributed by atoms with Gasteiger partial charge in [-0.25, -0.2) is 0 Å². The van der Waals surface area contributed by atoms with Crippen molar-refractivity contribution in [2.45, 2.75) is 0 Å². The Morgan fingerprint density at radius 2 is 1.64 bits per heavy atom. The van der Waals surface area contributed by atoms with Crippen LogP contribution in [0.4, 0.5) is 0 Å². The average molecular weight is 338 g/mol. The Labute approximate surface area is 141 Å². The number of nitrogens with one attached hydrogen (secondary N) is 1. The summed E-state index contributed by atoms with van der Waals surface area (Å²) in [7, 11) is 0. The molecule has 1 heterocycles. The minimum atomic E-state index is -1.25. The molecule has 3 aromatic rings. The van der Waals surface area contributed by atoms with Crippen LogP contribution in [0.1, 0.15) is 10.4 Å². The maximum atomic E-state index is 12.9. The average Bonchev–Trinajstić information content (AvgIpc) is 2.61. The van der Waals surface area contributed by atoms with E-state index in [2.05, 4.69) is 5.32 Å². The fourth-order valence-electron chi connectivity index (χ4n) is 2.61. The van der Waals surface area contributed by atoms with Gasteiger partial charge in [0.1, 0.15) is 17.9 Å². The van der Waals surface area contributed by atoms with Crippen LogP contribution in [0.25, 0.3) is 16.6 Å². The number of aliphatic carboxylic acids is 1. The van der Waals surface area contributed by atoms with Crippen molar-refractivity contribution in [2.75, 3.05) is 6.54 Å². The Morgan fingerprint density at radius 3 is 2.32 bits per heavy atom. The van der Waals surface area contributed by atoms with Crippen molar-refractivity contribution < 1.29 is 19.8 Å². The lowest BCUT2D eigenvalue weighted by Gasteiger charge is -2.14. The molecule has 0 aliphatic carbocycles. The van der Waals surface area contributed by atoms with Crippen LogP contribution in [0, 0.1) is 0 Å². The standard InChI is InChI=1S/C18H14N2O5/c21-14(22)10-19-17(24)15-16(23)12-8-4-5-9-13(12)20(18(15)25)11-6-2-1-3-7-11/h1-9,23H,10H2,(H,19,24)(H,21,22). The maximum absolute atomic E-state index is 12.9. The summed E-state index contributed by atoms with van der Waals surface area (Å²) in [6.07, 6.45) is 0. The number of aromatic nitrogens is 1. The Bertz CT molecular complexity index is 1020. The van der Waals surface area contributed by atoms with Crippen molar-refractivity contribution >= 4 is 22.8 Å². The normalized spacial score (nSPS) is 10.6. The molecule has 7 nitrogen and oxygen atoms in total. The molecular weight excluding hydrogens is 324 g/mol. The number of aromatic hydroxyl groups is 1. The molecule has 0 atom stereocenters. The molecule has 1 amide bonds.